The maximum Gasteiger partial charge on any atom is 0.223 e. The van der Waals surface area contributed by atoms with Crippen molar-refractivity contribution >= 4 is 11.8 Å². The van der Waals surface area contributed by atoms with Crippen molar-refractivity contribution in [2.24, 2.45) is 11.8 Å². The molecule has 1 heterocycles. The fraction of sp³-hybridized carbons (Fsp3) is 0.600. The van der Waals surface area contributed by atoms with Crippen LogP contribution in [0, 0.1) is 11.8 Å². The minimum atomic E-state index is -0.238. The second kappa shape index (κ2) is 7.56. The van der Waals surface area contributed by atoms with Gasteiger partial charge in [-0.3, -0.25) is 9.59 Å². The fourth-order valence-corrected chi connectivity index (χ4v) is 3.09. The van der Waals surface area contributed by atoms with E-state index in [-0.39, 0.29) is 23.1 Å². The third-order valence-electron chi connectivity index (χ3n) is 5.15. The van der Waals surface area contributed by atoms with E-state index in [0.717, 1.165) is 23.5 Å². The first-order chi connectivity index (χ1) is 12.4. The van der Waals surface area contributed by atoms with E-state index < -0.39 is 0 Å². The van der Waals surface area contributed by atoms with Crippen LogP contribution in [-0.4, -0.2) is 38.1 Å². The molecule has 1 saturated carbocycles. The second-order valence-corrected chi connectivity index (χ2v) is 7.88. The highest BCUT2D eigenvalue weighted by atomic mass is 16.6. The molecule has 0 spiro atoms. The fourth-order valence-electron chi connectivity index (χ4n) is 3.09. The van der Waals surface area contributed by atoms with Gasteiger partial charge in [0.2, 0.25) is 11.8 Å². The topological polar surface area (TPSA) is 76.7 Å². The molecule has 6 nitrogen and oxygen atoms in total. The predicted octanol–water partition coefficient (Wildman–Crippen LogP) is 2.01. The number of hydrogen-bond acceptors (Lipinski definition) is 4. The highest BCUT2D eigenvalue weighted by molar-refractivity contribution is 5.82. The SMILES string of the molecule is C[C@@H]1C[C@H]1C(=O)NCCC(=O)NCC(C)(C)c1ccc2c(c1)OCCO2. The molecule has 3 rings (SSSR count). The van der Waals surface area contributed by atoms with E-state index in [1.165, 1.54) is 0 Å². The van der Waals surface area contributed by atoms with Gasteiger partial charge in [0.25, 0.3) is 0 Å². The number of carbonyl (C=O) groups is 2. The van der Waals surface area contributed by atoms with Crippen LogP contribution >= 0.6 is 0 Å². The van der Waals surface area contributed by atoms with Crippen molar-refractivity contribution in [3.63, 3.8) is 0 Å². The molecule has 26 heavy (non-hydrogen) atoms. The lowest BCUT2D eigenvalue weighted by molar-refractivity contribution is -0.123. The van der Waals surface area contributed by atoms with Gasteiger partial charge >= 0.3 is 0 Å². The molecule has 6 heteroatoms. The number of benzene rings is 1. The molecule has 0 unspecified atom stereocenters. The van der Waals surface area contributed by atoms with Crippen molar-refractivity contribution in [3.8, 4) is 11.5 Å². The first-order valence-electron chi connectivity index (χ1n) is 9.31. The van der Waals surface area contributed by atoms with E-state index in [1.807, 2.05) is 18.2 Å². The molecule has 0 aromatic heterocycles. The lowest BCUT2D eigenvalue weighted by Gasteiger charge is -2.28. The van der Waals surface area contributed by atoms with E-state index in [2.05, 4.69) is 31.4 Å². The van der Waals surface area contributed by atoms with Gasteiger partial charge in [-0.05, 0) is 30.0 Å². The van der Waals surface area contributed by atoms with Gasteiger partial charge in [0.1, 0.15) is 13.2 Å². The first-order valence-corrected chi connectivity index (χ1v) is 9.31. The van der Waals surface area contributed by atoms with Gasteiger partial charge in [0, 0.05) is 30.8 Å². The van der Waals surface area contributed by atoms with Gasteiger partial charge < -0.3 is 20.1 Å². The van der Waals surface area contributed by atoms with Crippen LogP contribution in [0.5, 0.6) is 11.5 Å². The van der Waals surface area contributed by atoms with Gasteiger partial charge in [-0.25, -0.2) is 0 Å². The zero-order valence-corrected chi connectivity index (χ0v) is 15.8. The molecule has 142 valence electrons. The minimum Gasteiger partial charge on any atom is -0.486 e. The van der Waals surface area contributed by atoms with Crippen LogP contribution in [-0.2, 0) is 15.0 Å². The highest BCUT2D eigenvalue weighted by Gasteiger charge is 2.38. The molecule has 1 aromatic carbocycles. The van der Waals surface area contributed by atoms with E-state index in [0.29, 0.717) is 38.6 Å². The normalized spacial score (nSPS) is 21.0. The summed E-state index contributed by atoms with van der Waals surface area (Å²) in [7, 11) is 0. The lowest BCUT2D eigenvalue weighted by Crippen LogP contribution is -2.38. The van der Waals surface area contributed by atoms with Gasteiger partial charge in [-0.1, -0.05) is 26.8 Å². The smallest absolute Gasteiger partial charge is 0.223 e. The van der Waals surface area contributed by atoms with Crippen LogP contribution in [0.15, 0.2) is 18.2 Å². The highest BCUT2D eigenvalue weighted by Crippen LogP contribution is 2.37. The zero-order valence-electron chi connectivity index (χ0n) is 15.8. The molecule has 0 radical (unpaired) electrons. The van der Waals surface area contributed by atoms with Crippen molar-refractivity contribution in [1.29, 1.82) is 0 Å². The lowest BCUT2D eigenvalue weighted by atomic mass is 9.84. The van der Waals surface area contributed by atoms with Crippen LogP contribution in [0.4, 0.5) is 0 Å². The minimum absolute atomic E-state index is 0.0558. The van der Waals surface area contributed by atoms with Crippen molar-refractivity contribution in [2.75, 3.05) is 26.3 Å². The summed E-state index contributed by atoms with van der Waals surface area (Å²) in [6.45, 7) is 8.25. The molecule has 2 atom stereocenters. The summed E-state index contributed by atoms with van der Waals surface area (Å²) in [5.41, 5.74) is 0.844. The van der Waals surface area contributed by atoms with Crippen LogP contribution < -0.4 is 20.1 Å². The van der Waals surface area contributed by atoms with Crippen molar-refractivity contribution in [2.45, 2.75) is 39.0 Å². The quantitative estimate of drug-likeness (QED) is 0.780. The molecular weight excluding hydrogens is 332 g/mol. The Kier molecular flexibility index (Phi) is 5.39. The Labute approximate surface area is 154 Å². The molecule has 1 aliphatic carbocycles. The Morgan fingerprint density at radius 1 is 1.15 bits per heavy atom. The number of amides is 2. The molecule has 2 N–H and O–H groups in total. The Hall–Kier alpha value is -2.24. The maximum absolute atomic E-state index is 12.1. The molecule has 1 aromatic rings. The average Bonchev–Trinajstić information content (AvgIpc) is 3.36. The number of fused-ring (bicyclic) bond motifs is 1. The van der Waals surface area contributed by atoms with Crippen LogP contribution in [0.2, 0.25) is 0 Å². The van der Waals surface area contributed by atoms with E-state index in [9.17, 15) is 9.59 Å². The summed E-state index contributed by atoms with van der Waals surface area (Å²) in [6.07, 6.45) is 1.26. The summed E-state index contributed by atoms with van der Waals surface area (Å²) < 4.78 is 11.2. The van der Waals surface area contributed by atoms with Gasteiger partial charge in [-0.2, -0.15) is 0 Å². The molecule has 1 fully saturated rings. The van der Waals surface area contributed by atoms with Crippen molar-refractivity contribution in [3.05, 3.63) is 23.8 Å². The first kappa shape index (κ1) is 18.5. The van der Waals surface area contributed by atoms with Gasteiger partial charge in [0.05, 0.1) is 0 Å². The summed E-state index contributed by atoms with van der Waals surface area (Å²) >= 11 is 0. The van der Waals surface area contributed by atoms with E-state index in [1.54, 1.807) is 0 Å². The zero-order chi connectivity index (χ0) is 18.7. The van der Waals surface area contributed by atoms with Crippen LogP contribution in [0.25, 0.3) is 0 Å². The molecular formula is C20H28N2O4. The van der Waals surface area contributed by atoms with E-state index in [4.69, 9.17) is 9.47 Å². The molecule has 2 amide bonds. The summed E-state index contributed by atoms with van der Waals surface area (Å²) in [5.74, 6) is 2.16. The Morgan fingerprint density at radius 2 is 1.85 bits per heavy atom. The third kappa shape index (κ3) is 4.48. The number of ether oxygens (including phenoxy) is 2. The van der Waals surface area contributed by atoms with E-state index >= 15 is 0 Å². The Bertz CT molecular complexity index is 686. The number of carbonyl (C=O) groups excluding carboxylic acids is 2. The van der Waals surface area contributed by atoms with Gasteiger partial charge in [0.15, 0.2) is 11.5 Å². The average molecular weight is 360 g/mol. The molecule has 2 aliphatic rings. The number of hydrogen-bond donors (Lipinski definition) is 2. The Morgan fingerprint density at radius 3 is 2.54 bits per heavy atom. The molecule has 1 aliphatic heterocycles. The Balaban J connectivity index is 1.45. The second-order valence-electron chi connectivity index (χ2n) is 7.88. The maximum atomic E-state index is 12.1. The van der Waals surface area contributed by atoms with Crippen LogP contribution in [0.1, 0.15) is 39.2 Å². The molecule has 0 bridgehead atoms. The predicted molar refractivity (Wildman–Crippen MR) is 98.4 cm³/mol. The summed E-state index contributed by atoms with van der Waals surface area (Å²) in [5, 5.41) is 5.81. The van der Waals surface area contributed by atoms with Gasteiger partial charge in [-0.15, -0.1) is 0 Å². The summed E-state index contributed by atoms with van der Waals surface area (Å²) in [4.78, 5) is 23.8. The largest absolute Gasteiger partial charge is 0.486 e. The molecule has 0 saturated heterocycles. The number of rotatable bonds is 7. The third-order valence-corrected chi connectivity index (χ3v) is 5.15. The number of nitrogens with one attached hydrogen (secondary N) is 2. The van der Waals surface area contributed by atoms with Crippen molar-refractivity contribution < 1.29 is 19.1 Å². The standard InChI is InChI=1S/C20H28N2O4/c1-13-10-15(13)19(24)21-7-6-18(23)22-12-20(2,3)14-4-5-16-17(11-14)26-9-8-25-16/h4-5,11,13,15H,6-10,12H2,1-3H3,(H,21,24)(H,22,23)/t13-,15-/m1/s1. The summed E-state index contributed by atoms with van der Waals surface area (Å²) in [6, 6.07) is 5.91. The monoisotopic (exact) mass is 360 g/mol. The van der Waals surface area contributed by atoms with Crippen LogP contribution in [0.3, 0.4) is 0 Å². The van der Waals surface area contributed by atoms with Crippen molar-refractivity contribution in [1.82, 2.24) is 10.6 Å².